The quantitative estimate of drug-likeness (QED) is 0.628. The Hall–Kier alpha value is -0.800. The van der Waals surface area contributed by atoms with Gasteiger partial charge in [0.1, 0.15) is 11.5 Å². The van der Waals surface area contributed by atoms with Crippen LogP contribution in [-0.2, 0) is 11.8 Å². The van der Waals surface area contributed by atoms with Crippen molar-refractivity contribution in [1.29, 1.82) is 0 Å². The van der Waals surface area contributed by atoms with Gasteiger partial charge in [0.25, 0.3) is 0 Å². The molecule has 94 valence electrons. The summed E-state index contributed by atoms with van der Waals surface area (Å²) in [6, 6.07) is 14.3. The standard InChI is InChI=1S/C15H14Br2O/c1-2-11-3-6-13(7-4-11)18-15-8-5-12(10-16)9-14(15)17/h3-9H,2,10H2,1H3. The van der Waals surface area contributed by atoms with Crippen LogP contribution in [-0.4, -0.2) is 0 Å². The lowest BCUT2D eigenvalue weighted by molar-refractivity contribution is 0.479. The van der Waals surface area contributed by atoms with Crippen molar-refractivity contribution < 1.29 is 4.74 Å². The van der Waals surface area contributed by atoms with Crippen LogP contribution < -0.4 is 4.74 Å². The number of aryl methyl sites for hydroxylation is 1. The number of halogens is 2. The fraction of sp³-hybridized carbons (Fsp3) is 0.200. The summed E-state index contributed by atoms with van der Waals surface area (Å²) < 4.78 is 6.82. The highest BCUT2D eigenvalue weighted by molar-refractivity contribution is 9.10. The fourth-order valence-electron chi connectivity index (χ4n) is 1.63. The van der Waals surface area contributed by atoms with Crippen LogP contribution in [0, 0.1) is 0 Å². The third kappa shape index (κ3) is 3.36. The molecule has 0 aliphatic heterocycles. The highest BCUT2D eigenvalue weighted by Crippen LogP contribution is 2.31. The molecule has 0 unspecified atom stereocenters. The number of rotatable bonds is 4. The summed E-state index contributed by atoms with van der Waals surface area (Å²) in [7, 11) is 0. The van der Waals surface area contributed by atoms with Gasteiger partial charge in [-0.1, -0.05) is 41.1 Å². The summed E-state index contributed by atoms with van der Waals surface area (Å²) in [5.41, 5.74) is 2.53. The average molecular weight is 370 g/mol. The van der Waals surface area contributed by atoms with Crippen molar-refractivity contribution in [3.8, 4) is 11.5 Å². The Morgan fingerprint density at radius 3 is 2.22 bits per heavy atom. The Kier molecular flexibility index (Phi) is 4.84. The van der Waals surface area contributed by atoms with E-state index in [1.807, 2.05) is 18.2 Å². The molecule has 0 fully saturated rings. The van der Waals surface area contributed by atoms with Gasteiger partial charge in [0.2, 0.25) is 0 Å². The first-order valence-electron chi connectivity index (χ1n) is 5.84. The van der Waals surface area contributed by atoms with Crippen molar-refractivity contribution >= 4 is 31.9 Å². The summed E-state index contributed by atoms with van der Waals surface area (Å²) in [6.45, 7) is 2.14. The summed E-state index contributed by atoms with van der Waals surface area (Å²) in [5.74, 6) is 1.70. The minimum absolute atomic E-state index is 0.837. The summed E-state index contributed by atoms with van der Waals surface area (Å²) in [4.78, 5) is 0. The highest BCUT2D eigenvalue weighted by atomic mass is 79.9. The molecule has 0 amide bonds. The average Bonchev–Trinajstić information content (AvgIpc) is 2.42. The molecule has 0 aliphatic carbocycles. The molecule has 0 saturated carbocycles. The van der Waals surface area contributed by atoms with E-state index in [0.717, 1.165) is 27.7 Å². The van der Waals surface area contributed by atoms with Crippen LogP contribution in [0.15, 0.2) is 46.9 Å². The van der Waals surface area contributed by atoms with Crippen molar-refractivity contribution in [2.75, 3.05) is 0 Å². The number of benzene rings is 2. The molecular formula is C15H14Br2O. The number of hydrogen-bond donors (Lipinski definition) is 0. The van der Waals surface area contributed by atoms with E-state index in [4.69, 9.17) is 4.74 Å². The van der Waals surface area contributed by atoms with E-state index >= 15 is 0 Å². The lowest BCUT2D eigenvalue weighted by Crippen LogP contribution is -1.88. The van der Waals surface area contributed by atoms with Gasteiger partial charge in [-0.15, -0.1) is 0 Å². The van der Waals surface area contributed by atoms with Gasteiger partial charge in [-0.2, -0.15) is 0 Å². The van der Waals surface area contributed by atoms with Crippen LogP contribution in [0.4, 0.5) is 0 Å². The first-order chi connectivity index (χ1) is 8.72. The van der Waals surface area contributed by atoms with E-state index in [2.05, 4.69) is 63.0 Å². The first kappa shape index (κ1) is 13.6. The van der Waals surface area contributed by atoms with E-state index in [1.165, 1.54) is 11.1 Å². The van der Waals surface area contributed by atoms with Crippen LogP contribution in [0.2, 0.25) is 0 Å². The van der Waals surface area contributed by atoms with E-state index in [9.17, 15) is 0 Å². The third-order valence-electron chi connectivity index (χ3n) is 2.71. The predicted octanol–water partition coefficient (Wildman–Crippen LogP) is 5.70. The third-order valence-corrected chi connectivity index (χ3v) is 3.98. The largest absolute Gasteiger partial charge is 0.456 e. The number of hydrogen-bond acceptors (Lipinski definition) is 1. The SMILES string of the molecule is CCc1ccc(Oc2ccc(CBr)cc2Br)cc1. The number of alkyl halides is 1. The number of ether oxygens (including phenoxy) is 1. The van der Waals surface area contributed by atoms with Crippen LogP contribution in [0.1, 0.15) is 18.1 Å². The van der Waals surface area contributed by atoms with Gasteiger partial charge < -0.3 is 4.74 Å². The Labute approximate surface area is 124 Å². The van der Waals surface area contributed by atoms with E-state index in [1.54, 1.807) is 0 Å². The van der Waals surface area contributed by atoms with Gasteiger partial charge >= 0.3 is 0 Å². The minimum atomic E-state index is 0.837. The van der Waals surface area contributed by atoms with Gasteiger partial charge in [0.15, 0.2) is 0 Å². The Balaban J connectivity index is 2.17. The zero-order valence-electron chi connectivity index (χ0n) is 10.1. The van der Waals surface area contributed by atoms with Crippen LogP contribution in [0.5, 0.6) is 11.5 Å². The maximum Gasteiger partial charge on any atom is 0.141 e. The molecule has 0 spiro atoms. The van der Waals surface area contributed by atoms with Crippen LogP contribution in [0.25, 0.3) is 0 Å². The second-order valence-corrected chi connectivity index (χ2v) is 5.41. The lowest BCUT2D eigenvalue weighted by atomic mass is 10.2. The van der Waals surface area contributed by atoms with E-state index in [0.29, 0.717) is 0 Å². The molecule has 3 heteroatoms. The second-order valence-electron chi connectivity index (χ2n) is 4.00. The molecule has 0 aromatic heterocycles. The van der Waals surface area contributed by atoms with Crippen molar-refractivity contribution in [2.24, 2.45) is 0 Å². The Morgan fingerprint density at radius 2 is 1.67 bits per heavy atom. The normalized spacial score (nSPS) is 10.4. The first-order valence-corrected chi connectivity index (χ1v) is 7.75. The van der Waals surface area contributed by atoms with Gasteiger partial charge in [-0.25, -0.2) is 0 Å². The molecule has 1 nitrogen and oxygen atoms in total. The van der Waals surface area contributed by atoms with E-state index in [-0.39, 0.29) is 0 Å². The van der Waals surface area contributed by atoms with Gasteiger partial charge in [-0.05, 0) is 57.7 Å². The Bertz CT molecular complexity index is 521. The zero-order chi connectivity index (χ0) is 13.0. The van der Waals surface area contributed by atoms with Crippen molar-refractivity contribution in [2.45, 2.75) is 18.7 Å². The summed E-state index contributed by atoms with van der Waals surface area (Å²) in [6.07, 6.45) is 1.05. The smallest absolute Gasteiger partial charge is 0.141 e. The fourth-order valence-corrected chi connectivity index (χ4v) is 2.49. The van der Waals surface area contributed by atoms with Crippen molar-refractivity contribution in [3.63, 3.8) is 0 Å². The highest BCUT2D eigenvalue weighted by Gasteiger charge is 2.04. The van der Waals surface area contributed by atoms with Gasteiger partial charge in [-0.3, -0.25) is 0 Å². The van der Waals surface area contributed by atoms with Crippen LogP contribution >= 0.6 is 31.9 Å². The molecule has 0 heterocycles. The molecular weight excluding hydrogens is 356 g/mol. The molecule has 0 bridgehead atoms. The molecule has 2 rings (SSSR count). The molecule has 18 heavy (non-hydrogen) atoms. The maximum atomic E-state index is 5.85. The molecule has 0 radical (unpaired) electrons. The predicted molar refractivity (Wildman–Crippen MR) is 82.7 cm³/mol. The Morgan fingerprint density at radius 1 is 1.00 bits per heavy atom. The van der Waals surface area contributed by atoms with Crippen molar-refractivity contribution in [1.82, 2.24) is 0 Å². The lowest BCUT2D eigenvalue weighted by Gasteiger charge is -2.09. The zero-order valence-corrected chi connectivity index (χ0v) is 13.3. The molecule has 0 saturated heterocycles. The molecule has 0 N–H and O–H groups in total. The maximum absolute atomic E-state index is 5.85. The van der Waals surface area contributed by atoms with E-state index < -0.39 is 0 Å². The van der Waals surface area contributed by atoms with Crippen LogP contribution in [0.3, 0.4) is 0 Å². The monoisotopic (exact) mass is 368 g/mol. The molecule has 2 aromatic rings. The molecule has 0 atom stereocenters. The summed E-state index contributed by atoms with van der Waals surface area (Å²) in [5, 5.41) is 0.844. The minimum Gasteiger partial charge on any atom is -0.456 e. The molecule has 0 aliphatic rings. The summed E-state index contributed by atoms with van der Waals surface area (Å²) >= 11 is 6.96. The van der Waals surface area contributed by atoms with Gasteiger partial charge in [0, 0.05) is 5.33 Å². The van der Waals surface area contributed by atoms with Gasteiger partial charge in [0.05, 0.1) is 4.47 Å². The topological polar surface area (TPSA) is 9.23 Å². The molecule has 2 aromatic carbocycles. The second kappa shape index (κ2) is 6.39. The van der Waals surface area contributed by atoms with Crippen molar-refractivity contribution in [3.05, 3.63) is 58.1 Å².